The van der Waals surface area contributed by atoms with Crippen LogP contribution < -0.4 is 10.4 Å². The smallest absolute Gasteiger partial charge is 0.344 e. The summed E-state index contributed by atoms with van der Waals surface area (Å²) >= 11 is 0. The van der Waals surface area contributed by atoms with E-state index in [4.69, 9.17) is 13.9 Å². The molecule has 0 bridgehead atoms. The van der Waals surface area contributed by atoms with Crippen LogP contribution in [0.5, 0.6) is 5.75 Å². The van der Waals surface area contributed by atoms with Gasteiger partial charge in [-0.2, -0.15) is 0 Å². The molecule has 3 rings (SSSR count). The van der Waals surface area contributed by atoms with Crippen molar-refractivity contribution in [2.45, 2.75) is 0 Å². The highest BCUT2D eigenvalue weighted by molar-refractivity contribution is 6.14. The van der Waals surface area contributed by atoms with E-state index in [1.807, 2.05) is 0 Å². The Hall–Kier alpha value is -2.82. The lowest BCUT2D eigenvalue weighted by Crippen LogP contribution is -2.06. The fourth-order valence-corrected chi connectivity index (χ4v) is 2.37. The normalized spacial score (nSPS) is 10.8. The number of benzene rings is 2. The van der Waals surface area contributed by atoms with Crippen LogP contribution in [0.15, 0.2) is 45.6 Å². The molecule has 5 heteroatoms. The summed E-state index contributed by atoms with van der Waals surface area (Å²) in [7, 11) is 2.77. The average molecular weight is 284 g/mol. The van der Waals surface area contributed by atoms with Crippen molar-refractivity contribution in [3.63, 3.8) is 0 Å². The lowest BCUT2D eigenvalue weighted by molar-refractivity contribution is 0.0602. The van der Waals surface area contributed by atoms with E-state index >= 15 is 0 Å². The number of methoxy groups -OCH3 is 2. The number of hydrogen-bond donors (Lipinski definition) is 0. The van der Waals surface area contributed by atoms with Gasteiger partial charge in [-0.3, -0.25) is 0 Å². The van der Waals surface area contributed by atoms with Crippen molar-refractivity contribution in [1.82, 2.24) is 0 Å². The van der Waals surface area contributed by atoms with Crippen LogP contribution in [-0.2, 0) is 4.74 Å². The number of carbonyl (C=O) groups is 1. The van der Waals surface area contributed by atoms with Gasteiger partial charge < -0.3 is 13.9 Å². The third-order valence-corrected chi connectivity index (χ3v) is 3.34. The molecule has 5 nitrogen and oxygen atoms in total. The number of hydrogen-bond acceptors (Lipinski definition) is 5. The van der Waals surface area contributed by atoms with Gasteiger partial charge >= 0.3 is 11.6 Å². The first-order valence-electron chi connectivity index (χ1n) is 6.27. The fourth-order valence-electron chi connectivity index (χ4n) is 2.37. The predicted molar refractivity (Wildman–Crippen MR) is 77.9 cm³/mol. The average Bonchev–Trinajstić information content (AvgIpc) is 2.53. The maximum atomic E-state index is 12.0. The first-order valence-corrected chi connectivity index (χ1v) is 6.27. The molecular weight excluding hydrogens is 272 g/mol. The van der Waals surface area contributed by atoms with Gasteiger partial charge in [-0.15, -0.1) is 0 Å². The molecule has 0 unspecified atom stereocenters. The summed E-state index contributed by atoms with van der Waals surface area (Å²) in [5.41, 5.74) is 0.132. The van der Waals surface area contributed by atoms with Crippen molar-refractivity contribution in [2.24, 2.45) is 0 Å². The quantitative estimate of drug-likeness (QED) is 0.411. The largest absolute Gasteiger partial charge is 0.497 e. The molecule has 0 spiro atoms. The fraction of sp³-hybridized carbons (Fsp3) is 0.125. The zero-order valence-electron chi connectivity index (χ0n) is 11.5. The zero-order chi connectivity index (χ0) is 15.0. The van der Waals surface area contributed by atoms with Crippen LogP contribution in [0.1, 0.15) is 10.4 Å². The van der Waals surface area contributed by atoms with E-state index in [0.29, 0.717) is 33.1 Å². The van der Waals surface area contributed by atoms with E-state index in [0.717, 1.165) is 0 Å². The minimum atomic E-state index is -0.516. The summed E-state index contributed by atoms with van der Waals surface area (Å²) in [6.07, 6.45) is 0. The lowest BCUT2D eigenvalue weighted by Gasteiger charge is -2.09. The van der Waals surface area contributed by atoms with Crippen molar-refractivity contribution in [3.05, 3.63) is 52.4 Å². The van der Waals surface area contributed by atoms with E-state index in [2.05, 4.69) is 0 Å². The molecule has 106 valence electrons. The second-order valence-corrected chi connectivity index (χ2v) is 4.47. The van der Waals surface area contributed by atoms with Crippen molar-refractivity contribution in [2.75, 3.05) is 14.2 Å². The van der Waals surface area contributed by atoms with E-state index in [9.17, 15) is 9.59 Å². The van der Waals surface area contributed by atoms with Crippen molar-refractivity contribution < 1.29 is 18.7 Å². The van der Waals surface area contributed by atoms with Gasteiger partial charge in [0.1, 0.15) is 11.3 Å². The molecule has 0 atom stereocenters. The Morgan fingerprint density at radius 3 is 2.48 bits per heavy atom. The number of carbonyl (C=O) groups excluding carboxylic acids is 1. The molecule has 0 fully saturated rings. The molecule has 0 amide bonds. The molecule has 0 radical (unpaired) electrons. The van der Waals surface area contributed by atoms with Gasteiger partial charge in [0.15, 0.2) is 0 Å². The standard InChI is InChI=1S/C16H12O5/c1-19-9-7-12(15(17)20-2)14-10-5-3-4-6-11(10)16(18)21-13(14)8-9/h3-8H,1-2H3. The van der Waals surface area contributed by atoms with Crippen LogP contribution in [0, 0.1) is 0 Å². The number of fused-ring (bicyclic) bond motifs is 3. The zero-order valence-corrected chi connectivity index (χ0v) is 11.5. The Balaban J connectivity index is 2.56. The van der Waals surface area contributed by atoms with E-state index in [1.165, 1.54) is 14.2 Å². The first kappa shape index (κ1) is 13.2. The van der Waals surface area contributed by atoms with Crippen LogP contribution in [0.4, 0.5) is 0 Å². The molecule has 0 saturated heterocycles. The van der Waals surface area contributed by atoms with Gasteiger partial charge in [-0.05, 0) is 12.1 Å². The Labute approximate surface area is 119 Å². The predicted octanol–water partition coefficient (Wildman–Crippen LogP) is 2.74. The van der Waals surface area contributed by atoms with Crippen molar-refractivity contribution in [1.29, 1.82) is 0 Å². The second kappa shape index (κ2) is 4.94. The molecule has 21 heavy (non-hydrogen) atoms. The number of ether oxygens (including phenoxy) is 2. The molecule has 3 aromatic rings. The SMILES string of the molecule is COC(=O)c1cc(OC)cc2oc(=O)c3ccccc3c12. The van der Waals surface area contributed by atoms with Crippen molar-refractivity contribution >= 4 is 27.7 Å². The highest BCUT2D eigenvalue weighted by Crippen LogP contribution is 2.30. The number of rotatable bonds is 2. The molecule has 1 aromatic heterocycles. The van der Waals surface area contributed by atoms with E-state index in [-0.39, 0.29) is 0 Å². The highest BCUT2D eigenvalue weighted by Gasteiger charge is 2.18. The summed E-state index contributed by atoms with van der Waals surface area (Å²) in [6.45, 7) is 0. The second-order valence-electron chi connectivity index (χ2n) is 4.47. The van der Waals surface area contributed by atoms with Crippen LogP contribution in [0.25, 0.3) is 21.7 Å². The summed E-state index contributed by atoms with van der Waals surface area (Å²) in [4.78, 5) is 24.0. The van der Waals surface area contributed by atoms with Gasteiger partial charge in [0, 0.05) is 16.8 Å². The monoisotopic (exact) mass is 284 g/mol. The molecule has 0 N–H and O–H groups in total. The maximum absolute atomic E-state index is 12.0. The van der Waals surface area contributed by atoms with Crippen LogP contribution >= 0.6 is 0 Å². The molecular formula is C16H12O5. The van der Waals surface area contributed by atoms with Gasteiger partial charge in [-0.25, -0.2) is 9.59 Å². The molecule has 2 aromatic carbocycles. The Bertz CT molecular complexity index is 908. The molecule has 0 aliphatic heterocycles. The maximum Gasteiger partial charge on any atom is 0.344 e. The van der Waals surface area contributed by atoms with Crippen LogP contribution in [0.3, 0.4) is 0 Å². The summed E-state index contributed by atoms with van der Waals surface area (Å²) in [6, 6.07) is 10.1. The van der Waals surface area contributed by atoms with Gasteiger partial charge in [0.05, 0.1) is 25.2 Å². The lowest BCUT2D eigenvalue weighted by atomic mass is 10.0. The molecule has 1 heterocycles. The molecule has 0 aliphatic rings. The molecule has 0 saturated carbocycles. The Kier molecular flexibility index (Phi) is 3.10. The van der Waals surface area contributed by atoms with E-state index < -0.39 is 11.6 Å². The van der Waals surface area contributed by atoms with Crippen LogP contribution in [-0.4, -0.2) is 20.2 Å². The molecule has 0 aliphatic carbocycles. The minimum absolute atomic E-state index is 0.290. The Morgan fingerprint density at radius 2 is 1.81 bits per heavy atom. The minimum Gasteiger partial charge on any atom is -0.497 e. The van der Waals surface area contributed by atoms with Gasteiger partial charge in [0.2, 0.25) is 0 Å². The summed E-state index contributed by atoms with van der Waals surface area (Å²) in [5, 5.41) is 1.60. The van der Waals surface area contributed by atoms with E-state index in [1.54, 1.807) is 36.4 Å². The number of esters is 1. The summed E-state index contributed by atoms with van der Waals surface area (Å²) in [5.74, 6) is -0.0979. The highest BCUT2D eigenvalue weighted by atomic mass is 16.5. The van der Waals surface area contributed by atoms with Gasteiger partial charge in [0.25, 0.3) is 0 Å². The third kappa shape index (κ3) is 2.03. The van der Waals surface area contributed by atoms with Crippen LogP contribution in [0.2, 0.25) is 0 Å². The third-order valence-electron chi connectivity index (χ3n) is 3.34. The first-order chi connectivity index (χ1) is 10.2. The van der Waals surface area contributed by atoms with Crippen molar-refractivity contribution in [3.8, 4) is 5.75 Å². The summed E-state index contributed by atoms with van der Waals surface area (Å²) < 4.78 is 15.3. The topological polar surface area (TPSA) is 65.7 Å². The Morgan fingerprint density at radius 1 is 1.10 bits per heavy atom. The van der Waals surface area contributed by atoms with Gasteiger partial charge in [-0.1, -0.05) is 18.2 Å².